The summed E-state index contributed by atoms with van der Waals surface area (Å²) in [7, 11) is -0.230. The SMILES string of the molecule is C[SH](C)C#CCOC1(C)COC(=O)O1. The number of thiol groups is 1. The lowest BCUT2D eigenvalue weighted by Crippen LogP contribution is -2.31. The molecule has 1 fully saturated rings. The largest absolute Gasteiger partial charge is 0.511 e. The smallest absolute Gasteiger partial charge is 0.427 e. The zero-order valence-corrected chi connectivity index (χ0v) is 9.39. The first-order chi connectivity index (χ1) is 6.52. The predicted molar refractivity (Wildman–Crippen MR) is 55.4 cm³/mol. The molecule has 0 saturated carbocycles. The zero-order chi connectivity index (χ0) is 10.6. The van der Waals surface area contributed by atoms with E-state index in [0.717, 1.165) is 0 Å². The lowest BCUT2D eigenvalue weighted by molar-refractivity contribution is -0.156. The number of carbonyl (C=O) groups excluding carboxylic acids is 1. The van der Waals surface area contributed by atoms with Crippen molar-refractivity contribution in [3.8, 4) is 11.2 Å². The van der Waals surface area contributed by atoms with Crippen LogP contribution in [-0.2, 0) is 14.2 Å². The van der Waals surface area contributed by atoms with Gasteiger partial charge < -0.3 is 14.2 Å². The van der Waals surface area contributed by atoms with Gasteiger partial charge in [0.25, 0.3) is 0 Å². The molecule has 0 N–H and O–H groups in total. The second-order valence-corrected chi connectivity index (χ2v) is 5.26. The van der Waals surface area contributed by atoms with E-state index in [1.54, 1.807) is 6.92 Å². The molecule has 1 aliphatic heterocycles. The first-order valence-electron chi connectivity index (χ1n) is 4.17. The van der Waals surface area contributed by atoms with Gasteiger partial charge in [-0.3, -0.25) is 0 Å². The first-order valence-corrected chi connectivity index (χ1v) is 6.41. The Morgan fingerprint density at radius 2 is 2.36 bits per heavy atom. The van der Waals surface area contributed by atoms with Gasteiger partial charge in [0.05, 0.1) is 0 Å². The molecule has 0 bridgehead atoms. The average molecular weight is 218 g/mol. The summed E-state index contributed by atoms with van der Waals surface area (Å²) in [6.45, 7) is 2.04. The third-order valence-electron chi connectivity index (χ3n) is 1.50. The van der Waals surface area contributed by atoms with E-state index < -0.39 is 11.9 Å². The van der Waals surface area contributed by atoms with Crippen molar-refractivity contribution < 1.29 is 19.0 Å². The van der Waals surface area contributed by atoms with Gasteiger partial charge in [-0.2, -0.15) is 10.9 Å². The number of carbonyl (C=O) groups is 1. The first kappa shape index (κ1) is 11.2. The summed E-state index contributed by atoms with van der Waals surface area (Å²) in [6, 6.07) is 0. The van der Waals surface area contributed by atoms with E-state index in [9.17, 15) is 4.79 Å². The van der Waals surface area contributed by atoms with Gasteiger partial charge >= 0.3 is 6.16 Å². The van der Waals surface area contributed by atoms with Crippen molar-refractivity contribution in [2.45, 2.75) is 12.7 Å². The second-order valence-electron chi connectivity index (χ2n) is 3.25. The Hall–Kier alpha value is -0.860. The lowest BCUT2D eigenvalue weighted by atomic mass is 10.3. The van der Waals surface area contributed by atoms with Gasteiger partial charge in [0, 0.05) is 6.92 Å². The van der Waals surface area contributed by atoms with E-state index in [1.807, 2.05) is 0 Å². The Labute approximate surface area is 86.2 Å². The fourth-order valence-corrected chi connectivity index (χ4v) is 1.26. The predicted octanol–water partition coefficient (Wildman–Crippen LogP) is 1.11. The molecule has 1 aliphatic rings. The molecule has 1 atom stereocenters. The molecule has 1 saturated heterocycles. The van der Waals surface area contributed by atoms with Gasteiger partial charge in [0.1, 0.15) is 6.61 Å². The molecule has 1 heterocycles. The summed E-state index contributed by atoms with van der Waals surface area (Å²) in [4.78, 5) is 10.6. The van der Waals surface area contributed by atoms with Crippen LogP contribution in [0.5, 0.6) is 0 Å². The van der Waals surface area contributed by atoms with Crippen LogP contribution in [-0.4, -0.2) is 37.7 Å². The van der Waals surface area contributed by atoms with Crippen LogP contribution in [0.2, 0.25) is 0 Å². The maximum atomic E-state index is 10.6. The van der Waals surface area contributed by atoms with Crippen molar-refractivity contribution in [3.05, 3.63) is 0 Å². The van der Waals surface area contributed by atoms with Crippen LogP contribution in [0.1, 0.15) is 6.92 Å². The quantitative estimate of drug-likeness (QED) is 0.428. The highest BCUT2D eigenvalue weighted by Crippen LogP contribution is 2.20. The van der Waals surface area contributed by atoms with Gasteiger partial charge in [0.2, 0.25) is 5.79 Å². The topological polar surface area (TPSA) is 44.8 Å². The molecule has 0 aromatic heterocycles. The van der Waals surface area contributed by atoms with Gasteiger partial charge in [-0.1, -0.05) is 11.2 Å². The van der Waals surface area contributed by atoms with Gasteiger partial charge in [-0.25, -0.2) is 4.79 Å². The monoisotopic (exact) mass is 218 g/mol. The minimum absolute atomic E-state index is 0.126. The molecule has 14 heavy (non-hydrogen) atoms. The van der Waals surface area contributed by atoms with E-state index in [-0.39, 0.29) is 24.1 Å². The van der Waals surface area contributed by atoms with E-state index in [4.69, 9.17) is 9.47 Å². The molecule has 5 heteroatoms. The van der Waals surface area contributed by atoms with E-state index in [1.165, 1.54) is 0 Å². The normalized spacial score (nSPS) is 25.9. The van der Waals surface area contributed by atoms with Crippen molar-refractivity contribution in [3.63, 3.8) is 0 Å². The number of ether oxygens (including phenoxy) is 3. The second kappa shape index (κ2) is 4.58. The number of rotatable bonds is 2. The summed E-state index contributed by atoms with van der Waals surface area (Å²) >= 11 is 0. The third kappa shape index (κ3) is 3.48. The zero-order valence-electron chi connectivity index (χ0n) is 8.49. The van der Waals surface area contributed by atoms with Crippen LogP contribution in [0.15, 0.2) is 0 Å². The van der Waals surface area contributed by atoms with Crippen molar-refractivity contribution >= 4 is 17.1 Å². The highest BCUT2D eigenvalue weighted by molar-refractivity contribution is 8.20. The summed E-state index contributed by atoms with van der Waals surface area (Å²) < 4.78 is 14.7. The molecule has 0 radical (unpaired) electrons. The van der Waals surface area contributed by atoms with Crippen LogP contribution in [0, 0.1) is 11.2 Å². The summed E-state index contributed by atoms with van der Waals surface area (Å²) in [5.74, 6) is 1.90. The molecule has 0 aromatic carbocycles. The van der Waals surface area contributed by atoms with Crippen molar-refractivity contribution in [2.75, 3.05) is 25.7 Å². The molecule has 4 nitrogen and oxygen atoms in total. The number of hydrogen-bond donors (Lipinski definition) is 1. The molecular formula is C9H14O4S. The molecule has 1 unspecified atom stereocenters. The Morgan fingerprint density at radius 1 is 1.64 bits per heavy atom. The standard InChI is InChI=1S/C9H14O4S/c1-9(7-11-8(10)13-9)12-5-4-6-14(2)3/h14H,5,7H2,1-3H3. The summed E-state index contributed by atoms with van der Waals surface area (Å²) in [5.41, 5.74) is 0. The van der Waals surface area contributed by atoms with Gasteiger partial charge in [-0.05, 0) is 12.5 Å². The van der Waals surface area contributed by atoms with Crippen molar-refractivity contribution in [1.82, 2.24) is 0 Å². The van der Waals surface area contributed by atoms with E-state index >= 15 is 0 Å². The fraction of sp³-hybridized carbons (Fsp3) is 0.667. The maximum absolute atomic E-state index is 10.6. The average Bonchev–Trinajstić information content (AvgIpc) is 2.41. The summed E-state index contributed by atoms with van der Waals surface area (Å²) in [5, 5.41) is 3.01. The Balaban J connectivity index is 2.32. The lowest BCUT2D eigenvalue weighted by Gasteiger charge is -2.17. The number of cyclic esters (lactones) is 2. The fourth-order valence-electron chi connectivity index (χ4n) is 0.875. The molecule has 0 aliphatic carbocycles. The van der Waals surface area contributed by atoms with E-state index in [2.05, 4.69) is 28.4 Å². The molecule has 0 amide bonds. The molecule has 1 rings (SSSR count). The van der Waals surface area contributed by atoms with Crippen LogP contribution < -0.4 is 0 Å². The highest BCUT2D eigenvalue weighted by atomic mass is 32.2. The van der Waals surface area contributed by atoms with Crippen LogP contribution in [0.4, 0.5) is 4.79 Å². The maximum Gasteiger partial charge on any atom is 0.511 e. The highest BCUT2D eigenvalue weighted by Gasteiger charge is 2.38. The Kier molecular flexibility index (Phi) is 3.67. The van der Waals surface area contributed by atoms with Crippen molar-refractivity contribution in [2.24, 2.45) is 0 Å². The molecular weight excluding hydrogens is 204 g/mol. The third-order valence-corrected chi connectivity index (χ3v) is 2.11. The minimum atomic E-state index is -0.962. The van der Waals surface area contributed by atoms with Crippen LogP contribution >= 0.6 is 10.9 Å². The Morgan fingerprint density at radius 3 is 2.86 bits per heavy atom. The minimum Gasteiger partial charge on any atom is -0.427 e. The van der Waals surface area contributed by atoms with Gasteiger partial charge in [0.15, 0.2) is 6.61 Å². The van der Waals surface area contributed by atoms with Crippen molar-refractivity contribution in [1.29, 1.82) is 0 Å². The van der Waals surface area contributed by atoms with Gasteiger partial charge in [-0.15, -0.1) is 0 Å². The van der Waals surface area contributed by atoms with Crippen LogP contribution in [0.3, 0.4) is 0 Å². The molecule has 80 valence electrons. The van der Waals surface area contributed by atoms with E-state index in [0.29, 0.717) is 0 Å². The number of hydrogen-bond acceptors (Lipinski definition) is 4. The molecule has 0 aromatic rings. The molecule has 0 spiro atoms. The van der Waals surface area contributed by atoms with Crippen LogP contribution in [0.25, 0.3) is 0 Å². The summed E-state index contributed by atoms with van der Waals surface area (Å²) in [6.07, 6.45) is 3.43. The Bertz CT molecular complexity index is 278.